The smallest absolute Gasteiger partial charge is 0.230 e. The van der Waals surface area contributed by atoms with E-state index in [9.17, 15) is 10.1 Å². The lowest BCUT2D eigenvalue weighted by atomic mass is 9.78. The number of nitriles is 1. The van der Waals surface area contributed by atoms with E-state index in [4.69, 9.17) is 18.0 Å². The number of nitrogens with two attached hydrogens (primary N) is 1. The molecule has 6 heteroatoms. The summed E-state index contributed by atoms with van der Waals surface area (Å²) in [4.78, 5) is 12.4. The third-order valence-corrected chi connectivity index (χ3v) is 3.64. The van der Waals surface area contributed by atoms with Gasteiger partial charge in [-0.25, -0.2) is 0 Å². The minimum Gasteiger partial charge on any atom is -0.384 e. The Bertz CT molecular complexity index is 618. The molecule has 0 aliphatic carbocycles. The minimum absolute atomic E-state index is 0.214. The predicted octanol–water partition coefficient (Wildman–Crippen LogP) is 0.757. The molecule has 20 heavy (non-hydrogen) atoms. The van der Waals surface area contributed by atoms with Gasteiger partial charge in [-0.3, -0.25) is 4.79 Å². The lowest BCUT2D eigenvalue weighted by molar-refractivity contribution is -0.122. The zero-order valence-corrected chi connectivity index (χ0v) is 11.7. The molecule has 2 atom stereocenters. The molecule has 0 aromatic heterocycles. The van der Waals surface area contributed by atoms with Crippen LogP contribution in [-0.2, 0) is 4.79 Å². The summed E-state index contributed by atoms with van der Waals surface area (Å²) < 4.78 is 0. The van der Waals surface area contributed by atoms with Gasteiger partial charge >= 0.3 is 0 Å². The fraction of sp³-hybridized carbons (Fsp3) is 0.214. The molecule has 5 nitrogen and oxygen atoms in total. The Kier molecular flexibility index (Phi) is 4.01. The average molecular weight is 286 g/mol. The molecule has 1 aromatic rings. The van der Waals surface area contributed by atoms with Crippen molar-refractivity contribution in [2.24, 2.45) is 11.7 Å². The van der Waals surface area contributed by atoms with Crippen LogP contribution in [-0.4, -0.2) is 17.9 Å². The van der Waals surface area contributed by atoms with Crippen LogP contribution in [0, 0.1) is 17.2 Å². The molecule has 0 bridgehead atoms. The monoisotopic (exact) mass is 286 g/mol. The van der Waals surface area contributed by atoms with E-state index in [1.54, 1.807) is 7.05 Å². The summed E-state index contributed by atoms with van der Waals surface area (Å²) in [6, 6.07) is 11.4. The molecule has 0 saturated heterocycles. The number of amides is 1. The van der Waals surface area contributed by atoms with Crippen molar-refractivity contribution >= 4 is 23.1 Å². The van der Waals surface area contributed by atoms with Crippen LogP contribution in [0.4, 0.5) is 0 Å². The Morgan fingerprint density at radius 1 is 1.45 bits per heavy atom. The average Bonchev–Trinajstić information content (AvgIpc) is 2.46. The lowest BCUT2D eigenvalue weighted by Gasteiger charge is -2.32. The number of hydrogen-bond donors (Lipinski definition) is 3. The largest absolute Gasteiger partial charge is 0.384 e. The highest BCUT2D eigenvalue weighted by Crippen LogP contribution is 2.36. The molecular weight excluding hydrogens is 272 g/mol. The third kappa shape index (κ3) is 2.36. The molecule has 0 radical (unpaired) electrons. The number of thiocarbonyl (C=S) groups is 1. The van der Waals surface area contributed by atoms with Crippen molar-refractivity contribution in [1.82, 2.24) is 10.6 Å². The van der Waals surface area contributed by atoms with Crippen molar-refractivity contribution in [3.8, 4) is 6.07 Å². The fourth-order valence-corrected chi connectivity index (χ4v) is 2.69. The molecule has 2 rings (SSSR count). The van der Waals surface area contributed by atoms with Gasteiger partial charge in [0.2, 0.25) is 5.91 Å². The van der Waals surface area contributed by atoms with E-state index in [2.05, 4.69) is 16.7 Å². The first kappa shape index (κ1) is 14.0. The second kappa shape index (κ2) is 5.72. The molecule has 1 heterocycles. The fourth-order valence-electron chi connectivity index (χ4n) is 2.34. The SMILES string of the molecule is CNC(=O)[C@@H]1C(=S)NC(N)=C(C#N)[C@@H]1c1ccccc1. The number of allylic oxidation sites excluding steroid dienone is 1. The first-order valence-corrected chi connectivity index (χ1v) is 6.48. The van der Waals surface area contributed by atoms with E-state index < -0.39 is 11.8 Å². The van der Waals surface area contributed by atoms with Gasteiger partial charge in [0.25, 0.3) is 0 Å². The number of benzene rings is 1. The van der Waals surface area contributed by atoms with Crippen LogP contribution in [0.1, 0.15) is 11.5 Å². The van der Waals surface area contributed by atoms with Crippen LogP contribution in [0.25, 0.3) is 0 Å². The van der Waals surface area contributed by atoms with Gasteiger partial charge in [0, 0.05) is 13.0 Å². The van der Waals surface area contributed by atoms with Gasteiger partial charge in [-0.1, -0.05) is 42.5 Å². The number of nitrogens with one attached hydrogen (secondary N) is 2. The summed E-state index contributed by atoms with van der Waals surface area (Å²) >= 11 is 5.23. The summed E-state index contributed by atoms with van der Waals surface area (Å²) in [6.07, 6.45) is 0. The van der Waals surface area contributed by atoms with Crippen LogP contribution in [0.3, 0.4) is 0 Å². The Balaban J connectivity index is 2.59. The van der Waals surface area contributed by atoms with Gasteiger partial charge in [0.1, 0.15) is 11.7 Å². The highest BCUT2D eigenvalue weighted by Gasteiger charge is 2.40. The number of carbonyl (C=O) groups is 1. The highest BCUT2D eigenvalue weighted by atomic mass is 32.1. The molecular formula is C14H14N4OS. The number of carbonyl (C=O) groups excluding carboxylic acids is 1. The second-order valence-electron chi connectivity index (χ2n) is 4.41. The van der Waals surface area contributed by atoms with Gasteiger partial charge in [-0.05, 0) is 5.56 Å². The van der Waals surface area contributed by atoms with Crippen LogP contribution in [0.2, 0.25) is 0 Å². The topological polar surface area (TPSA) is 90.9 Å². The second-order valence-corrected chi connectivity index (χ2v) is 4.85. The molecule has 1 amide bonds. The summed E-state index contributed by atoms with van der Waals surface area (Å²) in [5.74, 6) is -1.13. The maximum absolute atomic E-state index is 12.1. The van der Waals surface area contributed by atoms with Gasteiger partial charge < -0.3 is 16.4 Å². The lowest BCUT2D eigenvalue weighted by Crippen LogP contribution is -2.48. The normalized spacial score (nSPS) is 21.9. The summed E-state index contributed by atoms with van der Waals surface area (Å²) in [7, 11) is 1.54. The van der Waals surface area contributed by atoms with Crippen molar-refractivity contribution in [3.05, 3.63) is 47.3 Å². The number of hydrogen-bond acceptors (Lipinski definition) is 4. The zero-order valence-electron chi connectivity index (χ0n) is 10.9. The van der Waals surface area contributed by atoms with Crippen molar-refractivity contribution in [2.75, 3.05) is 7.05 Å². The predicted molar refractivity (Wildman–Crippen MR) is 79.3 cm³/mol. The quantitative estimate of drug-likeness (QED) is 0.698. The molecule has 0 fully saturated rings. The van der Waals surface area contributed by atoms with E-state index in [-0.39, 0.29) is 11.7 Å². The van der Waals surface area contributed by atoms with Crippen molar-refractivity contribution in [2.45, 2.75) is 5.92 Å². The van der Waals surface area contributed by atoms with E-state index >= 15 is 0 Å². The molecule has 102 valence electrons. The van der Waals surface area contributed by atoms with E-state index in [1.165, 1.54) is 0 Å². The van der Waals surface area contributed by atoms with E-state index in [0.717, 1.165) is 5.56 Å². The standard InChI is InChI=1S/C14H14N4OS/c1-17-13(19)11-10(8-5-3-2-4-6-8)9(7-15)12(16)18-14(11)20/h2-6,10-11H,16H2,1H3,(H,17,19)(H,18,20)/t10-,11+/m0/s1. The molecule has 1 aliphatic heterocycles. The summed E-state index contributed by atoms with van der Waals surface area (Å²) in [6.45, 7) is 0. The summed E-state index contributed by atoms with van der Waals surface area (Å²) in [5.41, 5.74) is 7.01. The molecule has 0 saturated carbocycles. The highest BCUT2D eigenvalue weighted by molar-refractivity contribution is 7.80. The summed E-state index contributed by atoms with van der Waals surface area (Å²) in [5, 5.41) is 14.7. The molecule has 0 unspecified atom stereocenters. The van der Waals surface area contributed by atoms with Crippen molar-refractivity contribution in [1.29, 1.82) is 5.26 Å². The first-order valence-electron chi connectivity index (χ1n) is 6.07. The van der Waals surface area contributed by atoms with Gasteiger partial charge in [0.15, 0.2) is 0 Å². The van der Waals surface area contributed by atoms with Crippen LogP contribution >= 0.6 is 12.2 Å². The molecule has 1 aromatic carbocycles. The number of nitrogens with zero attached hydrogens (tertiary/aromatic N) is 1. The maximum Gasteiger partial charge on any atom is 0.230 e. The minimum atomic E-state index is -0.639. The van der Waals surface area contributed by atoms with Crippen molar-refractivity contribution < 1.29 is 4.79 Å². The molecule has 4 N–H and O–H groups in total. The first-order chi connectivity index (χ1) is 9.60. The Labute approximate surface area is 122 Å². The van der Waals surface area contributed by atoms with E-state index in [1.807, 2.05) is 30.3 Å². The Morgan fingerprint density at radius 3 is 2.65 bits per heavy atom. The Morgan fingerprint density at radius 2 is 2.10 bits per heavy atom. The zero-order chi connectivity index (χ0) is 14.7. The maximum atomic E-state index is 12.1. The van der Waals surface area contributed by atoms with Crippen LogP contribution in [0.15, 0.2) is 41.7 Å². The van der Waals surface area contributed by atoms with Gasteiger partial charge in [0.05, 0.1) is 16.6 Å². The third-order valence-electron chi connectivity index (χ3n) is 3.28. The van der Waals surface area contributed by atoms with Gasteiger partial charge in [-0.2, -0.15) is 5.26 Å². The Hall–Kier alpha value is -2.39. The van der Waals surface area contributed by atoms with Crippen LogP contribution in [0.5, 0.6) is 0 Å². The van der Waals surface area contributed by atoms with Crippen LogP contribution < -0.4 is 16.4 Å². The van der Waals surface area contributed by atoms with E-state index in [0.29, 0.717) is 10.6 Å². The van der Waals surface area contributed by atoms with Crippen molar-refractivity contribution in [3.63, 3.8) is 0 Å². The molecule has 1 aliphatic rings. The molecule has 0 spiro atoms. The van der Waals surface area contributed by atoms with Gasteiger partial charge in [-0.15, -0.1) is 0 Å². The number of rotatable bonds is 2.